The summed E-state index contributed by atoms with van der Waals surface area (Å²) in [4.78, 5) is 22.8. The summed E-state index contributed by atoms with van der Waals surface area (Å²) in [5.74, 6) is -0.0787. The highest BCUT2D eigenvalue weighted by atomic mass is 32.1. The number of amides is 1. The number of hydrogen-bond donors (Lipinski definition) is 1. The van der Waals surface area contributed by atoms with E-state index in [9.17, 15) is 4.79 Å². The van der Waals surface area contributed by atoms with Gasteiger partial charge < -0.3 is 5.32 Å². The van der Waals surface area contributed by atoms with Gasteiger partial charge in [0, 0.05) is 17.4 Å². The van der Waals surface area contributed by atoms with E-state index in [4.69, 9.17) is 0 Å². The predicted octanol–water partition coefficient (Wildman–Crippen LogP) is 4.98. The van der Waals surface area contributed by atoms with Crippen LogP contribution in [0.3, 0.4) is 0 Å². The molecule has 0 unspecified atom stereocenters. The van der Waals surface area contributed by atoms with Crippen molar-refractivity contribution in [2.24, 2.45) is 0 Å². The van der Waals surface area contributed by atoms with E-state index < -0.39 is 0 Å². The highest BCUT2D eigenvalue weighted by Crippen LogP contribution is 2.31. The average Bonchev–Trinajstić information content (AvgIpc) is 3.26. The molecular weight excluding hydrogens is 338 g/mol. The number of aromatic nitrogens is 2. The zero-order valence-corrected chi connectivity index (χ0v) is 14.4. The van der Waals surface area contributed by atoms with Gasteiger partial charge in [-0.25, -0.2) is 9.97 Å². The average molecular weight is 351 g/mol. The van der Waals surface area contributed by atoms with Crippen LogP contribution >= 0.6 is 22.7 Å². The first-order valence-corrected chi connectivity index (χ1v) is 9.08. The number of fused-ring (bicyclic) bond motifs is 1. The van der Waals surface area contributed by atoms with Crippen molar-refractivity contribution >= 4 is 44.6 Å². The standard InChI is InChI=1S/C18H13N3OS2/c1-11-10-12(17-21-14-4-2-8-19-18(14)24-17)6-7-13(11)20-16(22)15-5-3-9-23-15/h2-10H,1H3,(H,20,22). The molecule has 0 radical (unpaired) electrons. The molecule has 0 saturated heterocycles. The van der Waals surface area contributed by atoms with Gasteiger partial charge in [0.25, 0.3) is 5.91 Å². The lowest BCUT2D eigenvalue weighted by Crippen LogP contribution is -2.11. The molecule has 0 atom stereocenters. The molecule has 0 bridgehead atoms. The predicted molar refractivity (Wildman–Crippen MR) is 99.9 cm³/mol. The summed E-state index contributed by atoms with van der Waals surface area (Å²) >= 11 is 3.00. The Bertz CT molecular complexity index is 989. The number of carbonyl (C=O) groups is 1. The van der Waals surface area contributed by atoms with Gasteiger partial charge in [0.15, 0.2) is 0 Å². The molecule has 3 heterocycles. The van der Waals surface area contributed by atoms with E-state index in [2.05, 4.69) is 15.3 Å². The van der Waals surface area contributed by atoms with Gasteiger partial charge >= 0.3 is 0 Å². The largest absolute Gasteiger partial charge is 0.321 e. The van der Waals surface area contributed by atoms with Crippen molar-refractivity contribution in [1.82, 2.24) is 9.97 Å². The number of benzene rings is 1. The molecular formula is C18H13N3OS2. The Balaban J connectivity index is 1.63. The van der Waals surface area contributed by atoms with Gasteiger partial charge in [-0.05, 0) is 54.3 Å². The Morgan fingerprint density at radius 3 is 2.83 bits per heavy atom. The Morgan fingerprint density at radius 2 is 2.08 bits per heavy atom. The van der Waals surface area contributed by atoms with Crippen molar-refractivity contribution < 1.29 is 4.79 Å². The fraction of sp³-hybridized carbons (Fsp3) is 0.0556. The molecule has 0 aliphatic heterocycles. The summed E-state index contributed by atoms with van der Waals surface area (Å²) in [7, 11) is 0. The lowest BCUT2D eigenvalue weighted by atomic mass is 10.1. The molecule has 1 amide bonds. The van der Waals surface area contributed by atoms with Crippen LogP contribution in [0.5, 0.6) is 0 Å². The van der Waals surface area contributed by atoms with E-state index >= 15 is 0 Å². The Morgan fingerprint density at radius 1 is 1.17 bits per heavy atom. The first-order chi connectivity index (χ1) is 11.7. The Labute approximate surface area is 146 Å². The van der Waals surface area contributed by atoms with Crippen LogP contribution in [-0.4, -0.2) is 15.9 Å². The van der Waals surface area contributed by atoms with Gasteiger partial charge in [0.2, 0.25) is 0 Å². The maximum absolute atomic E-state index is 12.2. The summed E-state index contributed by atoms with van der Waals surface area (Å²) in [6, 6.07) is 13.5. The Kier molecular flexibility index (Phi) is 3.84. The van der Waals surface area contributed by atoms with Crippen LogP contribution in [-0.2, 0) is 0 Å². The number of anilines is 1. The van der Waals surface area contributed by atoms with Crippen LogP contribution in [0.25, 0.3) is 20.9 Å². The molecule has 0 fully saturated rings. The first kappa shape index (κ1) is 15.0. The van der Waals surface area contributed by atoms with Crippen LogP contribution in [0, 0.1) is 6.92 Å². The lowest BCUT2D eigenvalue weighted by molar-refractivity contribution is 0.103. The number of thiophene rings is 1. The van der Waals surface area contributed by atoms with E-state index in [-0.39, 0.29) is 5.91 Å². The molecule has 24 heavy (non-hydrogen) atoms. The molecule has 4 rings (SSSR count). The molecule has 1 aromatic carbocycles. The zero-order valence-electron chi connectivity index (χ0n) is 12.8. The third-order valence-corrected chi connectivity index (χ3v) is 5.53. The number of hydrogen-bond acceptors (Lipinski definition) is 5. The van der Waals surface area contributed by atoms with Crippen LogP contribution in [0.1, 0.15) is 15.2 Å². The Hall–Kier alpha value is -2.57. The lowest BCUT2D eigenvalue weighted by Gasteiger charge is -2.08. The van der Waals surface area contributed by atoms with E-state index in [1.54, 1.807) is 17.5 Å². The molecule has 4 aromatic rings. The second-order valence-corrected chi connectivity index (χ2v) is 7.23. The summed E-state index contributed by atoms with van der Waals surface area (Å²) in [5, 5.41) is 5.79. The van der Waals surface area contributed by atoms with Gasteiger partial charge in [-0.1, -0.05) is 17.4 Å². The van der Waals surface area contributed by atoms with Crippen LogP contribution in [0.15, 0.2) is 54.0 Å². The minimum Gasteiger partial charge on any atom is -0.321 e. The number of pyridine rings is 1. The molecule has 118 valence electrons. The highest BCUT2D eigenvalue weighted by Gasteiger charge is 2.11. The highest BCUT2D eigenvalue weighted by molar-refractivity contribution is 7.21. The number of carbonyl (C=O) groups excluding carboxylic acids is 1. The van der Waals surface area contributed by atoms with Gasteiger partial charge in [0.05, 0.1) is 4.88 Å². The summed E-state index contributed by atoms with van der Waals surface area (Å²) < 4.78 is 0. The smallest absolute Gasteiger partial charge is 0.265 e. The quantitative estimate of drug-likeness (QED) is 0.566. The second kappa shape index (κ2) is 6.14. The fourth-order valence-corrected chi connectivity index (χ4v) is 3.94. The summed E-state index contributed by atoms with van der Waals surface area (Å²) in [5.41, 5.74) is 3.76. The zero-order chi connectivity index (χ0) is 16.5. The summed E-state index contributed by atoms with van der Waals surface area (Å²) in [6.07, 6.45) is 1.78. The topological polar surface area (TPSA) is 54.9 Å². The summed E-state index contributed by atoms with van der Waals surface area (Å²) in [6.45, 7) is 1.99. The molecule has 0 aliphatic rings. The third-order valence-electron chi connectivity index (χ3n) is 3.63. The number of nitrogens with zero attached hydrogens (tertiary/aromatic N) is 2. The number of thiazole rings is 1. The van der Waals surface area contributed by atoms with Crippen LogP contribution in [0.2, 0.25) is 0 Å². The van der Waals surface area contributed by atoms with Gasteiger partial charge in [-0.2, -0.15) is 0 Å². The molecule has 0 spiro atoms. The van der Waals surface area contributed by atoms with E-state index in [1.807, 2.05) is 54.8 Å². The normalized spacial score (nSPS) is 10.9. The van der Waals surface area contributed by atoms with Gasteiger partial charge in [-0.15, -0.1) is 11.3 Å². The SMILES string of the molecule is Cc1cc(-c2nc3cccnc3s2)ccc1NC(=O)c1cccs1. The van der Waals surface area contributed by atoms with Crippen molar-refractivity contribution in [1.29, 1.82) is 0 Å². The van der Waals surface area contributed by atoms with Crippen molar-refractivity contribution in [3.8, 4) is 10.6 Å². The van der Waals surface area contributed by atoms with E-state index in [0.29, 0.717) is 4.88 Å². The maximum Gasteiger partial charge on any atom is 0.265 e. The van der Waals surface area contributed by atoms with Crippen LogP contribution in [0.4, 0.5) is 5.69 Å². The molecule has 1 N–H and O–H groups in total. The molecule has 0 saturated carbocycles. The number of aryl methyl sites for hydroxylation is 1. The molecule has 3 aromatic heterocycles. The molecule has 6 heteroatoms. The first-order valence-electron chi connectivity index (χ1n) is 7.38. The minimum absolute atomic E-state index is 0.0787. The fourth-order valence-electron chi connectivity index (χ4n) is 2.42. The second-order valence-electron chi connectivity index (χ2n) is 5.31. The van der Waals surface area contributed by atoms with Gasteiger partial charge in [0.1, 0.15) is 15.4 Å². The number of rotatable bonds is 3. The van der Waals surface area contributed by atoms with Crippen molar-refractivity contribution in [3.63, 3.8) is 0 Å². The van der Waals surface area contributed by atoms with Gasteiger partial charge in [-0.3, -0.25) is 4.79 Å². The monoisotopic (exact) mass is 351 g/mol. The van der Waals surface area contributed by atoms with Crippen molar-refractivity contribution in [2.45, 2.75) is 6.92 Å². The van der Waals surface area contributed by atoms with Crippen LogP contribution < -0.4 is 5.32 Å². The van der Waals surface area contributed by atoms with E-state index in [0.717, 1.165) is 32.2 Å². The maximum atomic E-state index is 12.2. The third kappa shape index (κ3) is 2.81. The van der Waals surface area contributed by atoms with E-state index in [1.165, 1.54) is 11.3 Å². The number of nitrogens with one attached hydrogen (secondary N) is 1. The minimum atomic E-state index is -0.0787. The molecule has 4 nitrogen and oxygen atoms in total. The molecule has 0 aliphatic carbocycles. The van der Waals surface area contributed by atoms with Crippen molar-refractivity contribution in [2.75, 3.05) is 5.32 Å². The van der Waals surface area contributed by atoms with Crippen molar-refractivity contribution in [3.05, 3.63) is 64.5 Å².